The van der Waals surface area contributed by atoms with E-state index in [1.807, 2.05) is 7.05 Å². The predicted octanol–water partition coefficient (Wildman–Crippen LogP) is 3.66. The SMILES string of the molecule is CN=C(NCc1ccc(CN2CCCCCC2)cc1)N1CCC(OCCCOC)CC1. The molecule has 174 valence electrons. The summed E-state index contributed by atoms with van der Waals surface area (Å²) in [7, 11) is 3.61. The van der Waals surface area contributed by atoms with Gasteiger partial charge in [-0.1, -0.05) is 37.1 Å². The second-order valence-corrected chi connectivity index (χ2v) is 8.81. The highest BCUT2D eigenvalue weighted by molar-refractivity contribution is 5.79. The molecule has 0 amide bonds. The Morgan fingerprint density at radius 1 is 0.968 bits per heavy atom. The first-order valence-corrected chi connectivity index (χ1v) is 12.1. The maximum atomic E-state index is 5.98. The molecule has 0 aromatic heterocycles. The number of ether oxygens (including phenoxy) is 2. The molecular formula is C25H42N4O2. The van der Waals surface area contributed by atoms with Crippen LogP contribution in [0.2, 0.25) is 0 Å². The number of aliphatic imine (C=N–C) groups is 1. The van der Waals surface area contributed by atoms with Gasteiger partial charge in [-0.05, 0) is 56.3 Å². The van der Waals surface area contributed by atoms with E-state index >= 15 is 0 Å². The van der Waals surface area contributed by atoms with Crippen molar-refractivity contribution in [2.24, 2.45) is 4.99 Å². The fourth-order valence-electron chi connectivity index (χ4n) is 4.52. The molecule has 0 aliphatic carbocycles. The lowest BCUT2D eigenvalue weighted by Crippen LogP contribution is -2.46. The Kier molecular flexibility index (Phi) is 10.6. The van der Waals surface area contributed by atoms with Crippen molar-refractivity contribution in [1.82, 2.24) is 15.1 Å². The Labute approximate surface area is 189 Å². The molecule has 1 N–H and O–H groups in total. The van der Waals surface area contributed by atoms with E-state index in [4.69, 9.17) is 9.47 Å². The molecule has 0 saturated carbocycles. The summed E-state index contributed by atoms with van der Waals surface area (Å²) in [4.78, 5) is 9.46. The Morgan fingerprint density at radius 2 is 1.65 bits per heavy atom. The minimum atomic E-state index is 0.364. The summed E-state index contributed by atoms with van der Waals surface area (Å²) >= 11 is 0. The van der Waals surface area contributed by atoms with Crippen molar-refractivity contribution in [1.29, 1.82) is 0 Å². The predicted molar refractivity (Wildman–Crippen MR) is 127 cm³/mol. The second-order valence-electron chi connectivity index (χ2n) is 8.81. The lowest BCUT2D eigenvalue weighted by atomic mass is 10.1. The molecule has 2 aliphatic heterocycles. The van der Waals surface area contributed by atoms with Gasteiger partial charge in [-0.3, -0.25) is 9.89 Å². The van der Waals surface area contributed by atoms with E-state index in [0.717, 1.165) is 64.6 Å². The molecular weight excluding hydrogens is 388 g/mol. The Morgan fingerprint density at radius 3 is 2.29 bits per heavy atom. The van der Waals surface area contributed by atoms with Crippen LogP contribution in [0.15, 0.2) is 29.3 Å². The van der Waals surface area contributed by atoms with Crippen molar-refractivity contribution in [2.45, 2.75) is 64.1 Å². The van der Waals surface area contributed by atoms with Crippen LogP contribution in [-0.4, -0.2) is 75.4 Å². The van der Waals surface area contributed by atoms with E-state index in [2.05, 4.69) is 44.4 Å². The zero-order valence-electron chi connectivity index (χ0n) is 19.7. The molecule has 0 atom stereocenters. The van der Waals surface area contributed by atoms with Gasteiger partial charge in [0.25, 0.3) is 0 Å². The fourth-order valence-corrected chi connectivity index (χ4v) is 4.52. The quantitative estimate of drug-likeness (QED) is 0.368. The van der Waals surface area contributed by atoms with Gasteiger partial charge in [0.2, 0.25) is 0 Å². The average Bonchev–Trinajstić information content (AvgIpc) is 3.08. The average molecular weight is 431 g/mol. The van der Waals surface area contributed by atoms with Crippen LogP contribution in [0.4, 0.5) is 0 Å². The number of guanidine groups is 1. The second kappa shape index (κ2) is 13.7. The molecule has 2 aliphatic rings. The number of likely N-dealkylation sites (tertiary alicyclic amines) is 2. The molecule has 0 spiro atoms. The van der Waals surface area contributed by atoms with Gasteiger partial charge in [-0.25, -0.2) is 0 Å². The van der Waals surface area contributed by atoms with Crippen LogP contribution in [0.25, 0.3) is 0 Å². The van der Waals surface area contributed by atoms with E-state index < -0.39 is 0 Å². The number of hydrogen-bond donors (Lipinski definition) is 1. The van der Waals surface area contributed by atoms with Crippen molar-refractivity contribution in [3.63, 3.8) is 0 Å². The highest BCUT2D eigenvalue weighted by atomic mass is 16.5. The van der Waals surface area contributed by atoms with Gasteiger partial charge < -0.3 is 19.7 Å². The lowest BCUT2D eigenvalue weighted by molar-refractivity contribution is 0.00989. The summed E-state index contributed by atoms with van der Waals surface area (Å²) in [6.07, 6.45) is 8.91. The molecule has 0 radical (unpaired) electrons. The molecule has 0 unspecified atom stereocenters. The van der Waals surface area contributed by atoms with Crippen LogP contribution in [0.5, 0.6) is 0 Å². The van der Waals surface area contributed by atoms with E-state index in [0.29, 0.717) is 6.10 Å². The van der Waals surface area contributed by atoms with E-state index in [1.165, 1.54) is 49.9 Å². The van der Waals surface area contributed by atoms with Gasteiger partial charge in [-0.15, -0.1) is 0 Å². The number of benzene rings is 1. The number of nitrogens with one attached hydrogen (secondary N) is 1. The first-order chi connectivity index (χ1) is 15.3. The topological polar surface area (TPSA) is 49.3 Å². The van der Waals surface area contributed by atoms with Gasteiger partial charge in [0.1, 0.15) is 0 Å². The first-order valence-electron chi connectivity index (χ1n) is 12.1. The summed E-state index contributed by atoms with van der Waals surface area (Å²) in [5.41, 5.74) is 2.72. The summed E-state index contributed by atoms with van der Waals surface area (Å²) in [5.74, 6) is 0.992. The molecule has 6 heteroatoms. The number of hydrogen-bond acceptors (Lipinski definition) is 4. The van der Waals surface area contributed by atoms with E-state index in [1.54, 1.807) is 7.11 Å². The maximum absolute atomic E-state index is 5.98. The molecule has 2 fully saturated rings. The summed E-state index contributed by atoms with van der Waals surface area (Å²) in [6.45, 7) is 7.92. The standard InChI is InChI=1S/C25H42N4O2/c1-26-25(29-16-12-24(13-17-29)31-19-7-18-30-2)27-20-22-8-10-23(11-9-22)21-28-14-5-3-4-6-15-28/h8-11,24H,3-7,12-21H2,1-2H3,(H,26,27). The van der Waals surface area contributed by atoms with Crippen LogP contribution in [0.3, 0.4) is 0 Å². The minimum absolute atomic E-state index is 0.364. The Bertz CT molecular complexity index is 633. The van der Waals surface area contributed by atoms with Crippen molar-refractivity contribution in [3.05, 3.63) is 35.4 Å². The van der Waals surface area contributed by atoms with Crippen molar-refractivity contribution < 1.29 is 9.47 Å². The third-order valence-corrected chi connectivity index (χ3v) is 6.38. The molecule has 6 nitrogen and oxygen atoms in total. The van der Waals surface area contributed by atoms with Gasteiger partial charge in [-0.2, -0.15) is 0 Å². The monoisotopic (exact) mass is 430 g/mol. The van der Waals surface area contributed by atoms with E-state index in [9.17, 15) is 0 Å². The van der Waals surface area contributed by atoms with Crippen molar-refractivity contribution in [2.75, 3.05) is 53.6 Å². The molecule has 31 heavy (non-hydrogen) atoms. The molecule has 1 aromatic carbocycles. The number of piperidine rings is 1. The highest BCUT2D eigenvalue weighted by Crippen LogP contribution is 2.16. The number of rotatable bonds is 9. The van der Waals surface area contributed by atoms with Gasteiger partial charge in [0.15, 0.2) is 5.96 Å². The first kappa shape index (κ1) is 24.0. The molecule has 0 bridgehead atoms. The van der Waals surface area contributed by atoms with Crippen LogP contribution < -0.4 is 5.32 Å². The highest BCUT2D eigenvalue weighted by Gasteiger charge is 2.21. The maximum Gasteiger partial charge on any atom is 0.193 e. The summed E-state index contributed by atoms with van der Waals surface area (Å²) < 4.78 is 11.1. The fraction of sp³-hybridized carbons (Fsp3) is 0.720. The zero-order valence-corrected chi connectivity index (χ0v) is 19.7. The third-order valence-electron chi connectivity index (χ3n) is 6.38. The smallest absolute Gasteiger partial charge is 0.193 e. The van der Waals surface area contributed by atoms with Crippen LogP contribution in [0, 0.1) is 0 Å². The normalized spacial score (nSPS) is 19.4. The number of nitrogens with zero attached hydrogens (tertiary/aromatic N) is 3. The number of methoxy groups -OCH3 is 1. The third kappa shape index (κ3) is 8.43. The Hall–Kier alpha value is -1.63. The zero-order chi connectivity index (χ0) is 21.7. The van der Waals surface area contributed by atoms with Crippen LogP contribution in [0.1, 0.15) is 56.1 Å². The molecule has 2 heterocycles. The molecule has 1 aromatic rings. The Balaban J connectivity index is 1.38. The lowest BCUT2D eigenvalue weighted by Gasteiger charge is -2.34. The van der Waals surface area contributed by atoms with Gasteiger partial charge in [0.05, 0.1) is 6.10 Å². The molecule has 3 rings (SSSR count). The van der Waals surface area contributed by atoms with Gasteiger partial charge >= 0.3 is 0 Å². The minimum Gasteiger partial charge on any atom is -0.385 e. The van der Waals surface area contributed by atoms with Crippen molar-refractivity contribution >= 4 is 5.96 Å². The molecule has 2 saturated heterocycles. The van der Waals surface area contributed by atoms with Gasteiger partial charge in [0, 0.05) is 53.6 Å². The van der Waals surface area contributed by atoms with Crippen molar-refractivity contribution in [3.8, 4) is 0 Å². The summed E-state index contributed by atoms with van der Waals surface area (Å²) in [6, 6.07) is 9.09. The van der Waals surface area contributed by atoms with Crippen LogP contribution >= 0.6 is 0 Å². The van der Waals surface area contributed by atoms with Crippen LogP contribution in [-0.2, 0) is 22.6 Å². The largest absolute Gasteiger partial charge is 0.385 e. The van der Waals surface area contributed by atoms with E-state index in [-0.39, 0.29) is 0 Å². The summed E-state index contributed by atoms with van der Waals surface area (Å²) in [5, 5.41) is 3.55.